The minimum absolute atomic E-state index is 0.0821. The smallest absolute Gasteiger partial charge is 0.466 e. The maximum atomic E-state index is 11.3. The van der Waals surface area contributed by atoms with Crippen molar-refractivity contribution < 1.29 is 33.9 Å². The first-order chi connectivity index (χ1) is 9.07. The third-order valence-corrected chi connectivity index (χ3v) is 1.94. The van der Waals surface area contributed by atoms with Crippen molar-refractivity contribution in [1.82, 2.24) is 5.32 Å². The minimum Gasteiger partial charge on any atom is -0.481 e. The molecule has 0 aromatic heterocycles. The summed E-state index contributed by atoms with van der Waals surface area (Å²) in [5.41, 5.74) is 10.9. The lowest BCUT2D eigenvalue weighted by Crippen LogP contribution is -2.41. The number of hydrogen-bond donors (Lipinski definition) is 7. The largest absolute Gasteiger partial charge is 0.481 e. The number of phosphoric acid groups is 1. The van der Waals surface area contributed by atoms with E-state index in [0.717, 1.165) is 12.8 Å². The molecule has 11 heteroatoms. The van der Waals surface area contributed by atoms with Crippen molar-refractivity contribution in [1.29, 1.82) is 0 Å². The van der Waals surface area contributed by atoms with Crippen LogP contribution >= 0.6 is 7.82 Å². The predicted molar refractivity (Wildman–Crippen MR) is 70.4 cm³/mol. The monoisotopic (exact) mass is 315 g/mol. The molecule has 0 aliphatic heterocycles. The molecule has 1 amide bonds. The minimum atomic E-state index is -4.64. The summed E-state index contributed by atoms with van der Waals surface area (Å²) in [4.78, 5) is 43.0. The van der Waals surface area contributed by atoms with Gasteiger partial charge in [0.25, 0.3) is 0 Å². The second-order valence-electron chi connectivity index (χ2n) is 3.84. The Morgan fingerprint density at radius 2 is 1.70 bits per heavy atom. The van der Waals surface area contributed by atoms with Crippen molar-refractivity contribution in [3.8, 4) is 0 Å². The molecule has 0 radical (unpaired) electrons. The normalized spacial score (nSPS) is 12.1. The number of carbonyl (C=O) groups excluding carboxylic acids is 1. The number of rotatable bonds is 8. The van der Waals surface area contributed by atoms with Crippen molar-refractivity contribution in [3.63, 3.8) is 0 Å². The Hall–Kier alpha value is -1.03. The van der Waals surface area contributed by atoms with E-state index in [1.54, 1.807) is 0 Å². The topological polar surface area (TPSA) is 196 Å². The van der Waals surface area contributed by atoms with Crippen molar-refractivity contribution in [3.05, 3.63) is 0 Å². The van der Waals surface area contributed by atoms with Gasteiger partial charge in [-0.15, -0.1) is 0 Å². The number of nitrogens with two attached hydrogens (primary N) is 2. The van der Waals surface area contributed by atoms with Crippen LogP contribution in [0.1, 0.15) is 25.7 Å². The van der Waals surface area contributed by atoms with Crippen LogP contribution in [0.2, 0.25) is 0 Å². The molecule has 10 nitrogen and oxygen atoms in total. The van der Waals surface area contributed by atoms with Crippen molar-refractivity contribution >= 4 is 19.7 Å². The van der Waals surface area contributed by atoms with E-state index < -0.39 is 19.8 Å². The van der Waals surface area contributed by atoms with Crippen LogP contribution in [0.4, 0.5) is 0 Å². The Morgan fingerprint density at radius 1 is 1.20 bits per heavy atom. The molecule has 0 saturated carbocycles. The fourth-order valence-corrected chi connectivity index (χ4v) is 1.06. The maximum absolute atomic E-state index is 11.3. The summed E-state index contributed by atoms with van der Waals surface area (Å²) >= 11 is 0. The fraction of sp³-hybridized carbons (Fsp3) is 0.778. The molecular weight excluding hydrogens is 293 g/mol. The summed E-state index contributed by atoms with van der Waals surface area (Å²) in [6, 6.07) is -0.564. The lowest BCUT2D eigenvalue weighted by Gasteiger charge is -2.10. The standard InChI is InChI=1S/C9H19N3O3.H3O4P/c10-5-2-1-3-7(11)9(15)12-6-4-8(13)14;1-5(2,3)4/h7H,1-6,10-11H2,(H,12,15)(H,13,14);(H3,1,2,3,4)/t7-;/m0./s1. The Bertz CT molecular complexity index is 325. The van der Waals surface area contributed by atoms with Crippen LogP contribution < -0.4 is 16.8 Å². The Morgan fingerprint density at radius 3 is 2.10 bits per heavy atom. The third kappa shape index (κ3) is 22.2. The summed E-state index contributed by atoms with van der Waals surface area (Å²) in [6.45, 7) is 0.714. The summed E-state index contributed by atoms with van der Waals surface area (Å²) in [5, 5.41) is 10.8. The summed E-state index contributed by atoms with van der Waals surface area (Å²) in [5.74, 6) is -1.24. The summed E-state index contributed by atoms with van der Waals surface area (Å²) < 4.78 is 8.88. The Labute approximate surface area is 116 Å². The van der Waals surface area contributed by atoms with Crippen molar-refractivity contribution in [2.45, 2.75) is 31.7 Å². The zero-order valence-corrected chi connectivity index (χ0v) is 11.8. The molecule has 120 valence electrons. The molecular formula is C9H22N3O7P. The van der Waals surface area contributed by atoms with Gasteiger partial charge in [0.1, 0.15) is 0 Å². The Kier molecular flexibility index (Phi) is 12.5. The predicted octanol–water partition coefficient (Wildman–Crippen LogP) is -1.89. The number of amides is 1. The molecule has 0 rings (SSSR count). The van der Waals surface area contributed by atoms with Crippen LogP contribution in [0.25, 0.3) is 0 Å². The fourth-order valence-electron chi connectivity index (χ4n) is 1.06. The average Bonchev–Trinajstić information content (AvgIpc) is 2.26. The SMILES string of the molecule is NCCCC[C@H](N)C(=O)NCCC(=O)O.O=P(O)(O)O. The molecule has 0 bridgehead atoms. The first kappa shape index (κ1) is 21.3. The summed E-state index contributed by atoms with van der Waals surface area (Å²) in [6.07, 6.45) is 2.15. The van der Waals surface area contributed by atoms with Crippen LogP contribution in [0.15, 0.2) is 0 Å². The maximum Gasteiger partial charge on any atom is 0.466 e. The van der Waals surface area contributed by atoms with Gasteiger partial charge in [-0.3, -0.25) is 9.59 Å². The van der Waals surface area contributed by atoms with Crippen LogP contribution in [-0.2, 0) is 14.2 Å². The highest BCUT2D eigenvalue weighted by Gasteiger charge is 2.12. The van der Waals surface area contributed by atoms with Gasteiger partial charge in [-0.05, 0) is 19.4 Å². The second-order valence-corrected chi connectivity index (χ2v) is 4.87. The molecule has 20 heavy (non-hydrogen) atoms. The molecule has 0 spiro atoms. The second kappa shape index (κ2) is 11.8. The van der Waals surface area contributed by atoms with E-state index in [4.69, 9.17) is 35.8 Å². The molecule has 0 aromatic rings. The lowest BCUT2D eigenvalue weighted by atomic mass is 10.1. The highest BCUT2D eigenvalue weighted by Crippen LogP contribution is 2.25. The number of carboxylic acid groups (broad SMARTS) is 1. The van der Waals surface area contributed by atoms with Gasteiger partial charge in [0, 0.05) is 6.54 Å². The first-order valence-corrected chi connectivity index (χ1v) is 7.38. The Balaban J connectivity index is 0. The highest BCUT2D eigenvalue weighted by molar-refractivity contribution is 7.45. The number of carbonyl (C=O) groups is 2. The van der Waals surface area contributed by atoms with Crippen molar-refractivity contribution in [2.24, 2.45) is 11.5 Å². The van der Waals surface area contributed by atoms with E-state index in [-0.39, 0.29) is 18.9 Å². The number of hydrogen-bond acceptors (Lipinski definition) is 5. The van der Waals surface area contributed by atoms with Gasteiger partial charge in [-0.1, -0.05) is 6.42 Å². The molecule has 1 atom stereocenters. The van der Waals surface area contributed by atoms with E-state index in [1.165, 1.54) is 0 Å². The van der Waals surface area contributed by atoms with Crippen LogP contribution in [0, 0.1) is 0 Å². The van der Waals surface area contributed by atoms with E-state index in [2.05, 4.69) is 5.32 Å². The molecule has 0 aliphatic carbocycles. The molecule has 0 heterocycles. The molecule has 0 unspecified atom stereocenters. The van der Waals surface area contributed by atoms with Gasteiger partial charge in [0.05, 0.1) is 12.5 Å². The van der Waals surface area contributed by atoms with E-state index in [9.17, 15) is 9.59 Å². The van der Waals surface area contributed by atoms with Gasteiger partial charge in [0.2, 0.25) is 5.91 Å². The number of aliphatic carboxylic acids is 1. The van der Waals surface area contributed by atoms with E-state index in [1.807, 2.05) is 0 Å². The quantitative estimate of drug-likeness (QED) is 0.198. The summed E-state index contributed by atoms with van der Waals surface area (Å²) in [7, 11) is -4.64. The molecule has 0 saturated heterocycles. The van der Waals surface area contributed by atoms with Gasteiger partial charge in [-0.25, -0.2) is 4.57 Å². The third-order valence-electron chi connectivity index (χ3n) is 1.94. The first-order valence-electron chi connectivity index (χ1n) is 5.81. The molecule has 9 N–H and O–H groups in total. The zero-order chi connectivity index (χ0) is 16.2. The van der Waals surface area contributed by atoms with Crippen LogP contribution in [-0.4, -0.2) is 50.8 Å². The number of carboxylic acids is 1. The van der Waals surface area contributed by atoms with Crippen molar-refractivity contribution in [2.75, 3.05) is 13.1 Å². The molecule has 0 aliphatic rings. The van der Waals surface area contributed by atoms with Gasteiger partial charge >= 0.3 is 13.8 Å². The molecule has 0 aromatic carbocycles. The average molecular weight is 315 g/mol. The van der Waals surface area contributed by atoms with Gasteiger partial charge in [0.15, 0.2) is 0 Å². The van der Waals surface area contributed by atoms with Crippen LogP contribution in [0.3, 0.4) is 0 Å². The van der Waals surface area contributed by atoms with Crippen LogP contribution in [0.5, 0.6) is 0 Å². The number of unbranched alkanes of at least 4 members (excludes halogenated alkanes) is 1. The molecule has 0 fully saturated rings. The number of nitrogens with one attached hydrogen (secondary N) is 1. The van der Waals surface area contributed by atoms with E-state index in [0.29, 0.717) is 13.0 Å². The van der Waals surface area contributed by atoms with Gasteiger partial charge < -0.3 is 36.6 Å². The zero-order valence-electron chi connectivity index (χ0n) is 10.9. The highest BCUT2D eigenvalue weighted by atomic mass is 31.2. The van der Waals surface area contributed by atoms with E-state index >= 15 is 0 Å². The van der Waals surface area contributed by atoms with Gasteiger partial charge in [-0.2, -0.15) is 0 Å². The lowest BCUT2D eigenvalue weighted by molar-refractivity contribution is -0.137.